The molecule has 0 atom stereocenters. The van der Waals surface area contributed by atoms with Crippen LogP contribution < -0.4 is 0 Å². The van der Waals surface area contributed by atoms with Gasteiger partial charge in [0.1, 0.15) is 0 Å². The van der Waals surface area contributed by atoms with Crippen molar-refractivity contribution < 1.29 is 0 Å². The first-order valence-electron chi connectivity index (χ1n) is 4.84. The fraction of sp³-hybridized carbons (Fsp3) is 0. The van der Waals surface area contributed by atoms with Crippen molar-refractivity contribution >= 4 is 64.1 Å². The van der Waals surface area contributed by atoms with Gasteiger partial charge >= 0.3 is 0 Å². The molecule has 78 valence electrons. The van der Waals surface area contributed by atoms with Gasteiger partial charge in [-0.1, -0.05) is 0 Å². The van der Waals surface area contributed by atoms with E-state index in [1.54, 1.807) is 0 Å². The Hall–Kier alpha value is -0.680. The highest BCUT2D eigenvalue weighted by atomic mass is 32.2. The van der Waals surface area contributed by atoms with Crippen LogP contribution in [0, 0.1) is 0 Å². The third-order valence-electron chi connectivity index (χ3n) is 2.53. The number of thiophene rings is 4. The fourth-order valence-corrected chi connectivity index (χ4v) is 6.06. The summed E-state index contributed by atoms with van der Waals surface area (Å²) in [5, 5.41) is 5.72. The lowest BCUT2D eigenvalue weighted by Crippen LogP contribution is -1.57. The molecule has 0 aliphatic heterocycles. The smallest absolute Gasteiger partial charge is 0.0871 e. The summed E-state index contributed by atoms with van der Waals surface area (Å²) in [6.07, 6.45) is 0. The molecule has 0 saturated carbocycles. The third kappa shape index (κ3) is 1.31. The fourth-order valence-electron chi connectivity index (χ4n) is 1.77. The second-order valence-electron chi connectivity index (χ2n) is 3.53. The van der Waals surface area contributed by atoms with E-state index in [4.69, 9.17) is 0 Å². The van der Waals surface area contributed by atoms with E-state index in [-0.39, 0.29) is 0 Å². The van der Waals surface area contributed by atoms with Crippen molar-refractivity contribution in [3.05, 3.63) is 35.0 Å². The highest BCUT2D eigenvalue weighted by Crippen LogP contribution is 2.42. The molecule has 0 unspecified atom stereocenters. The highest BCUT2D eigenvalue weighted by Gasteiger charge is 2.09. The Morgan fingerprint density at radius 1 is 0.750 bits per heavy atom. The summed E-state index contributed by atoms with van der Waals surface area (Å²) in [6, 6.07) is 9.05. The van der Waals surface area contributed by atoms with Crippen LogP contribution in [0.2, 0.25) is 0 Å². The highest BCUT2D eigenvalue weighted by molar-refractivity contribution is 7.40. The number of hydrogen-bond acceptors (Lipinski definition) is 4. The van der Waals surface area contributed by atoms with Crippen LogP contribution in [0.3, 0.4) is 0 Å². The Bertz CT molecular complexity index is 641. The van der Waals surface area contributed by atoms with Gasteiger partial charge in [-0.05, 0) is 35.0 Å². The zero-order chi connectivity index (χ0) is 10.5. The minimum absolute atomic E-state index is 1.39. The Morgan fingerprint density at radius 2 is 1.62 bits per heavy atom. The Labute approximate surface area is 108 Å². The molecule has 4 aromatic rings. The normalized spacial score (nSPS) is 11.8. The molecule has 0 aliphatic carbocycles. The van der Waals surface area contributed by atoms with Crippen LogP contribution in [-0.2, 0) is 0 Å². The largest absolute Gasteiger partial charge is 0.143 e. The predicted octanol–water partition coefficient (Wildman–Crippen LogP) is 5.91. The number of hydrogen-bond donors (Lipinski definition) is 0. The molecular weight excluding hydrogens is 272 g/mol. The van der Waals surface area contributed by atoms with Crippen LogP contribution >= 0.6 is 45.3 Å². The maximum absolute atomic E-state index is 2.32. The number of fused-ring (bicyclic) bond motifs is 2. The molecule has 0 spiro atoms. The average molecular weight is 278 g/mol. The van der Waals surface area contributed by atoms with Gasteiger partial charge in [-0.25, -0.2) is 0 Å². The summed E-state index contributed by atoms with van der Waals surface area (Å²) >= 11 is 7.48. The quantitative estimate of drug-likeness (QED) is 0.406. The molecule has 4 heterocycles. The van der Waals surface area contributed by atoms with Gasteiger partial charge in [0.05, 0.1) is 4.01 Å². The summed E-state index contributed by atoms with van der Waals surface area (Å²) in [6.45, 7) is 0. The SMILES string of the molecule is c1cc2sc(-c3cc4ccsc4s3)cc2s1. The van der Waals surface area contributed by atoms with Gasteiger partial charge in [-0.15, -0.1) is 45.3 Å². The second kappa shape index (κ2) is 3.40. The van der Waals surface area contributed by atoms with Crippen molar-refractivity contribution in [2.45, 2.75) is 0 Å². The van der Waals surface area contributed by atoms with Crippen LogP contribution in [0.25, 0.3) is 28.6 Å². The molecule has 0 nitrogen and oxygen atoms in total. The molecule has 4 rings (SSSR count). The van der Waals surface area contributed by atoms with Gasteiger partial charge in [0.25, 0.3) is 0 Å². The first-order chi connectivity index (χ1) is 7.90. The molecule has 4 aromatic heterocycles. The summed E-state index contributed by atoms with van der Waals surface area (Å²) in [4.78, 5) is 2.82. The van der Waals surface area contributed by atoms with Crippen molar-refractivity contribution in [2.24, 2.45) is 0 Å². The van der Waals surface area contributed by atoms with Crippen LogP contribution in [0.4, 0.5) is 0 Å². The van der Waals surface area contributed by atoms with Gasteiger partial charge in [-0.3, -0.25) is 0 Å². The lowest BCUT2D eigenvalue weighted by molar-refractivity contribution is 2.02. The molecule has 16 heavy (non-hydrogen) atoms. The molecule has 0 bridgehead atoms. The van der Waals surface area contributed by atoms with E-state index in [2.05, 4.69) is 35.0 Å². The number of rotatable bonds is 1. The van der Waals surface area contributed by atoms with Gasteiger partial charge in [0.2, 0.25) is 0 Å². The maximum atomic E-state index is 2.32. The second-order valence-corrected chi connectivity index (χ2v) is 7.79. The van der Waals surface area contributed by atoms with Crippen molar-refractivity contribution in [2.75, 3.05) is 0 Å². The molecule has 0 aliphatic rings. The topological polar surface area (TPSA) is 0 Å². The van der Waals surface area contributed by atoms with Crippen molar-refractivity contribution in [1.29, 1.82) is 0 Å². The van der Waals surface area contributed by atoms with Gasteiger partial charge in [-0.2, -0.15) is 0 Å². The summed E-state index contributed by atoms with van der Waals surface area (Å²) in [5.74, 6) is 0. The zero-order valence-corrected chi connectivity index (χ0v) is 11.4. The summed E-state index contributed by atoms with van der Waals surface area (Å²) < 4.78 is 4.26. The van der Waals surface area contributed by atoms with Crippen LogP contribution in [0.5, 0.6) is 0 Å². The molecule has 0 N–H and O–H groups in total. The molecule has 0 amide bonds. The van der Waals surface area contributed by atoms with Gasteiger partial charge in [0, 0.05) is 24.5 Å². The Balaban J connectivity index is 1.96. The summed E-state index contributed by atoms with van der Waals surface area (Å²) in [7, 11) is 0. The summed E-state index contributed by atoms with van der Waals surface area (Å²) in [5.41, 5.74) is 0. The zero-order valence-electron chi connectivity index (χ0n) is 8.10. The van der Waals surface area contributed by atoms with E-state index in [1.165, 1.54) is 28.6 Å². The molecule has 0 radical (unpaired) electrons. The van der Waals surface area contributed by atoms with E-state index >= 15 is 0 Å². The van der Waals surface area contributed by atoms with E-state index in [0.717, 1.165) is 0 Å². The third-order valence-corrected chi connectivity index (χ3v) is 7.03. The van der Waals surface area contributed by atoms with E-state index < -0.39 is 0 Å². The van der Waals surface area contributed by atoms with Gasteiger partial charge < -0.3 is 0 Å². The van der Waals surface area contributed by atoms with Crippen molar-refractivity contribution in [3.8, 4) is 9.75 Å². The first kappa shape index (κ1) is 9.36. The monoisotopic (exact) mass is 278 g/mol. The van der Waals surface area contributed by atoms with Crippen molar-refractivity contribution in [1.82, 2.24) is 0 Å². The lowest BCUT2D eigenvalue weighted by Gasteiger charge is -1.86. The standard InChI is InChI=1S/C12H6S4/c1-3-14-12-7(1)5-10(16-12)11-6-9-8(15-11)2-4-13-9/h1-6H. The Kier molecular flexibility index (Phi) is 1.99. The minimum Gasteiger partial charge on any atom is -0.143 e. The first-order valence-corrected chi connectivity index (χ1v) is 8.24. The Morgan fingerprint density at radius 3 is 2.50 bits per heavy atom. The van der Waals surface area contributed by atoms with E-state index in [1.807, 2.05) is 45.3 Å². The van der Waals surface area contributed by atoms with E-state index in [9.17, 15) is 0 Å². The molecular formula is C12H6S4. The molecule has 4 heteroatoms. The van der Waals surface area contributed by atoms with Crippen LogP contribution in [-0.4, -0.2) is 0 Å². The molecule has 0 fully saturated rings. The maximum Gasteiger partial charge on any atom is 0.0871 e. The van der Waals surface area contributed by atoms with Gasteiger partial charge in [0.15, 0.2) is 0 Å². The van der Waals surface area contributed by atoms with Crippen LogP contribution in [0.1, 0.15) is 0 Å². The minimum atomic E-state index is 1.39. The molecule has 0 aromatic carbocycles. The van der Waals surface area contributed by atoms with E-state index in [0.29, 0.717) is 0 Å². The molecule has 0 saturated heterocycles. The average Bonchev–Trinajstić information content (AvgIpc) is 2.94. The van der Waals surface area contributed by atoms with Crippen molar-refractivity contribution in [3.63, 3.8) is 0 Å². The lowest BCUT2D eigenvalue weighted by atomic mass is 10.3. The predicted molar refractivity (Wildman–Crippen MR) is 78.4 cm³/mol. The van der Waals surface area contributed by atoms with Crippen LogP contribution in [0.15, 0.2) is 35.0 Å².